The minimum atomic E-state index is -3.84. The van der Waals surface area contributed by atoms with E-state index in [4.69, 9.17) is 0 Å². The second-order valence-electron chi connectivity index (χ2n) is 6.49. The first-order chi connectivity index (χ1) is 14.2. The van der Waals surface area contributed by atoms with E-state index >= 15 is 0 Å². The zero-order valence-electron chi connectivity index (χ0n) is 16.2. The van der Waals surface area contributed by atoms with Gasteiger partial charge in [0.1, 0.15) is 0 Å². The second-order valence-corrected chi connectivity index (χ2v) is 9.37. The number of carbonyl (C=O) groups excluding carboxylic acids is 1. The molecule has 4 rings (SSSR count). The quantitative estimate of drug-likeness (QED) is 0.485. The Morgan fingerprint density at radius 1 is 1.07 bits per heavy atom. The minimum Gasteiger partial charge on any atom is -0.302 e. The van der Waals surface area contributed by atoms with Crippen LogP contribution in [0.4, 0.5) is 10.8 Å². The number of rotatable bonds is 5. The molecule has 0 radical (unpaired) electrons. The topological polar surface area (TPSA) is 131 Å². The second kappa shape index (κ2) is 7.46. The molecule has 3 heterocycles. The van der Waals surface area contributed by atoms with Crippen LogP contribution in [0.1, 0.15) is 18.4 Å². The molecule has 0 spiro atoms. The highest BCUT2D eigenvalue weighted by atomic mass is 32.2. The number of carbonyl (C=O) groups is 1. The van der Waals surface area contributed by atoms with Crippen molar-refractivity contribution in [3.8, 4) is 11.3 Å². The zero-order valence-corrected chi connectivity index (χ0v) is 17.9. The van der Waals surface area contributed by atoms with Crippen molar-refractivity contribution in [3.63, 3.8) is 0 Å². The van der Waals surface area contributed by atoms with Crippen molar-refractivity contribution in [1.29, 1.82) is 0 Å². The average Bonchev–Trinajstić information content (AvgIpc) is 3.24. The first-order valence-corrected chi connectivity index (χ1v) is 11.1. The molecule has 1 aromatic carbocycles. The Morgan fingerprint density at radius 3 is 2.50 bits per heavy atom. The molecule has 0 unspecified atom stereocenters. The number of hydrogen-bond donors (Lipinski definition) is 2. The summed E-state index contributed by atoms with van der Waals surface area (Å²) in [7, 11) is -3.84. The molecule has 0 saturated heterocycles. The van der Waals surface area contributed by atoms with Crippen molar-refractivity contribution < 1.29 is 13.2 Å². The number of fused-ring (bicyclic) bond motifs is 1. The van der Waals surface area contributed by atoms with Crippen LogP contribution in [0.3, 0.4) is 0 Å². The molecule has 154 valence electrons. The Bertz CT molecular complexity index is 1360. The molecule has 1 amide bonds. The normalized spacial score (nSPS) is 11.6. The third-order valence-corrected chi connectivity index (χ3v) is 7.20. The number of hydrogen-bond acceptors (Lipinski definition) is 8. The zero-order chi connectivity index (χ0) is 21.5. The summed E-state index contributed by atoms with van der Waals surface area (Å²) in [6.45, 7) is 4.73. The van der Waals surface area contributed by atoms with Crippen LogP contribution < -0.4 is 10.0 Å². The van der Waals surface area contributed by atoms with Crippen LogP contribution in [-0.2, 0) is 14.8 Å². The fourth-order valence-electron chi connectivity index (χ4n) is 2.80. The van der Waals surface area contributed by atoms with Crippen LogP contribution in [0.25, 0.3) is 16.9 Å². The Morgan fingerprint density at radius 2 is 1.80 bits per heavy atom. The highest BCUT2D eigenvalue weighted by Crippen LogP contribution is 2.29. The van der Waals surface area contributed by atoms with Gasteiger partial charge in [-0.25, -0.2) is 13.4 Å². The van der Waals surface area contributed by atoms with E-state index in [0.717, 1.165) is 16.9 Å². The van der Waals surface area contributed by atoms with E-state index in [2.05, 4.69) is 30.3 Å². The van der Waals surface area contributed by atoms with Crippen LogP contribution in [0.5, 0.6) is 0 Å². The first-order valence-electron chi connectivity index (χ1n) is 8.80. The monoisotopic (exact) mass is 443 g/mol. The van der Waals surface area contributed by atoms with Crippen LogP contribution in [0.15, 0.2) is 40.6 Å². The van der Waals surface area contributed by atoms with E-state index in [1.54, 1.807) is 35.7 Å². The van der Waals surface area contributed by atoms with Gasteiger partial charge in [0, 0.05) is 18.2 Å². The van der Waals surface area contributed by atoms with Crippen LogP contribution in [-0.4, -0.2) is 39.1 Å². The van der Waals surface area contributed by atoms with Gasteiger partial charge in [-0.05, 0) is 38.1 Å². The molecule has 30 heavy (non-hydrogen) atoms. The van der Waals surface area contributed by atoms with Crippen molar-refractivity contribution in [2.75, 3.05) is 10.0 Å². The molecule has 0 fully saturated rings. The molecule has 12 heteroatoms. The molecule has 0 atom stereocenters. The molecule has 0 bridgehead atoms. The molecule has 2 N–H and O–H groups in total. The van der Waals surface area contributed by atoms with Crippen molar-refractivity contribution >= 4 is 43.7 Å². The summed E-state index contributed by atoms with van der Waals surface area (Å²) in [5, 5.41) is 15.2. The van der Waals surface area contributed by atoms with Gasteiger partial charge in [-0.1, -0.05) is 23.5 Å². The van der Waals surface area contributed by atoms with E-state index in [1.807, 2.05) is 19.1 Å². The number of amides is 1. The summed E-state index contributed by atoms with van der Waals surface area (Å²) < 4.78 is 29.7. The maximum absolute atomic E-state index is 12.7. The van der Waals surface area contributed by atoms with Crippen molar-refractivity contribution in [2.24, 2.45) is 0 Å². The Kier molecular flexibility index (Phi) is 4.95. The molecular formula is C18H17N7O3S2. The summed E-state index contributed by atoms with van der Waals surface area (Å²) in [4.78, 5) is 15.3. The van der Waals surface area contributed by atoms with E-state index in [-0.39, 0.29) is 15.2 Å². The third kappa shape index (κ3) is 3.86. The van der Waals surface area contributed by atoms with E-state index in [9.17, 15) is 13.2 Å². The fraction of sp³-hybridized carbons (Fsp3) is 0.167. The largest absolute Gasteiger partial charge is 0.302 e. The van der Waals surface area contributed by atoms with Crippen molar-refractivity contribution in [2.45, 2.75) is 25.0 Å². The number of thiazole rings is 1. The lowest BCUT2D eigenvalue weighted by molar-refractivity contribution is -0.114. The van der Waals surface area contributed by atoms with Crippen LogP contribution in [0, 0.1) is 13.8 Å². The third-order valence-electron chi connectivity index (χ3n) is 4.13. The van der Waals surface area contributed by atoms with E-state index in [1.165, 1.54) is 6.92 Å². The number of nitrogens with zero attached hydrogens (tertiary/aromatic N) is 5. The van der Waals surface area contributed by atoms with Gasteiger partial charge in [0.15, 0.2) is 20.8 Å². The molecule has 0 aliphatic carbocycles. The SMILES string of the molecule is CC(=O)Nc1nc(C)c(S(=O)(=O)Nc2ccc(-c3ccc4nnc(C)n4n3)cc2)s1. The smallest absolute Gasteiger partial charge is 0.273 e. The number of aromatic nitrogens is 5. The number of anilines is 2. The summed E-state index contributed by atoms with van der Waals surface area (Å²) >= 11 is 0.899. The van der Waals surface area contributed by atoms with Gasteiger partial charge in [0.25, 0.3) is 10.0 Å². The van der Waals surface area contributed by atoms with Gasteiger partial charge in [0.2, 0.25) is 5.91 Å². The summed E-state index contributed by atoms with van der Waals surface area (Å²) in [6, 6.07) is 10.5. The van der Waals surface area contributed by atoms with Gasteiger partial charge in [0.05, 0.1) is 11.4 Å². The van der Waals surface area contributed by atoms with Gasteiger partial charge in [-0.3, -0.25) is 9.52 Å². The van der Waals surface area contributed by atoms with Gasteiger partial charge >= 0.3 is 0 Å². The lowest BCUT2D eigenvalue weighted by atomic mass is 10.1. The molecule has 4 aromatic rings. The molecule has 0 aliphatic rings. The maximum atomic E-state index is 12.7. The maximum Gasteiger partial charge on any atom is 0.273 e. The van der Waals surface area contributed by atoms with E-state index < -0.39 is 10.0 Å². The minimum absolute atomic E-state index is 0.0468. The predicted molar refractivity (Wildman–Crippen MR) is 113 cm³/mol. The number of nitrogens with one attached hydrogen (secondary N) is 2. The highest BCUT2D eigenvalue weighted by molar-refractivity contribution is 7.94. The van der Waals surface area contributed by atoms with Gasteiger partial charge in [-0.2, -0.15) is 9.61 Å². The summed E-state index contributed by atoms with van der Waals surface area (Å²) in [6.07, 6.45) is 0. The first kappa shape index (κ1) is 19.9. The molecule has 0 saturated carbocycles. The standard InChI is InChI=1S/C18H17N7O3S2/c1-10-17(29-18(19-10)20-12(3)26)30(27,28)24-14-6-4-13(5-7-14)15-8-9-16-22-21-11(2)25(16)23-15/h4-9,24H,1-3H3,(H,19,20,26). The molecule has 3 aromatic heterocycles. The van der Waals surface area contributed by atoms with Crippen LogP contribution in [0.2, 0.25) is 0 Å². The number of sulfonamides is 1. The lowest BCUT2D eigenvalue weighted by Crippen LogP contribution is -2.12. The Labute approximate surface area is 176 Å². The van der Waals surface area contributed by atoms with Gasteiger partial charge in [-0.15, -0.1) is 10.2 Å². The summed E-state index contributed by atoms with van der Waals surface area (Å²) in [5.74, 6) is 0.361. The predicted octanol–water partition coefficient (Wildman–Crippen LogP) is 2.62. The highest BCUT2D eigenvalue weighted by Gasteiger charge is 2.22. The van der Waals surface area contributed by atoms with Crippen LogP contribution >= 0.6 is 11.3 Å². The van der Waals surface area contributed by atoms with Crippen molar-refractivity contribution in [1.82, 2.24) is 24.8 Å². The van der Waals surface area contributed by atoms with Gasteiger partial charge < -0.3 is 5.32 Å². The average molecular weight is 444 g/mol. The Hall–Kier alpha value is -3.38. The fourth-order valence-corrected chi connectivity index (χ4v) is 5.32. The molecule has 10 nitrogen and oxygen atoms in total. The summed E-state index contributed by atoms with van der Waals surface area (Å²) in [5.41, 5.74) is 2.89. The number of benzene rings is 1. The van der Waals surface area contributed by atoms with E-state index in [0.29, 0.717) is 28.5 Å². The Balaban J connectivity index is 1.57. The van der Waals surface area contributed by atoms with Crippen molar-refractivity contribution in [3.05, 3.63) is 47.9 Å². The molecule has 0 aliphatic heterocycles. The molecular weight excluding hydrogens is 426 g/mol. The lowest BCUT2D eigenvalue weighted by Gasteiger charge is -2.08. The number of aryl methyl sites for hydroxylation is 2.